The zero-order valence-corrected chi connectivity index (χ0v) is 24.5. The van der Waals surface area contributed by atoms with Gasteiger partial charge in [0.1, 0.15) is 0 Å². The maximum Gasteiger partial charge on any atom is -1.00 e. The van der Waals surface area contributed by atoms with Crippen LogP contribution in [-0.4, -0.2) is 0 Å². The van der Waals surface area contributed by atoms with E-state index >= 15 is 0 Å². The van der Waals surface area contributed by atoms with Gasteiger partial charge in [-0.2, -0.15) is 0 Å². The van der Waals surface area contributed by atoms with E-state index in [0.29, 0.717) is 0 Å². The number of thiophene rings is 1. The first-order chi connectivity index (χ1) is 14.5. The molecule has 0 radical (unpaired) electrons. The van der Waals surface area contributed by atoms with Crippen molar-refractivity contribution in [1.82, 2.24) is 0 Å². The van der Waals surface area contributed by atoms with Gasteiger partial charge in [-0.15, -0.1) is 0 Å². The van der Waals surface area contributed by atoms with Gasteiger partial charge in [-0.3, -0.25) is 0 Å². The van der Waals surface area contributed by atoms with Gasteiger partial charge in [0, 0.05) is 0 Å². The molecule has 0 bridgehead atoms. The SMILES string of the molecule is Cc1cc2c(c(C(C)(C)C)c1)[O][Ti+2][O]c1c(cc(C)cc1C(C)(C)C)C2c1cccs1.[Cl-].[Cl-]. The van der Waals surface area contributed by atoms with E-state index < -0.39 is 19.9 Å². The van der Waals surface area contributed by atoms with E-state index in [1.165, 1.54) is 38.3 Å². The summed E-state index contributed by atoms with van der Waals surface area (Å²) in [6.07, 6.45) is 0. The van der Waals surface area contributed by atoms with Crippen molar-refractivity contribution in [3.05, 3.63) is 80.0 Å². The van der Waals surface area contributed by atoms with E-state index in [4.69, 9.17) is 6.64 Å². The number of hydrogen-bond acceptors (Lipinski definition) is 3. The maximum absolute atomic E-state index is 6.53. The molecule has 1 aliphatic rings. The van der Waals surface area contributed by atoms with Gasteiger partial charge < -0.3 is 24.8 Å². The van der Waals surface area contributed by atoms with Crippen molar-refractivity contribution in [3.8, 4) is 11.5 Å². The Bertz CT molecular complexity index is 1040. The molecule has 1 aromatic heterocycles. The van der Waals surface area contributed by atoms with Crippen LogP contribution in [0.25, 0.3) is 0 Å². The number of benzene rings is 2. The first-order valence-corrected chi connectivity index (χ1v) is 13.0. The Labute approximate surface area is 225 Å². The van der Waals surface area contributed by atoms with Crippen LogP contribution in [0.4, 0.5) is 0 Å². The molecule has 3 aromatic rings. The summed E-state index contributed by atoms with van der Waals surface area (Å²) >= 11 is 0.720. The summed E-state index contributed by atoms with van der Waals surface area (Å²) in [5, 5.41) is 2.17. The van der Waals surface area contributed by atoms with E-state index in [2.05, 4.69) is 97.2 Å². The normalized spacial score (nSPS) is 13.3. The third kappa shape index (κ3) is 5.65. The number of rotatable bonds is 1. The number of hydrogen-bond donors (Lipinski definition) is 0. The third-order valence-electron chi connectivity index (χ3n) is 5.88. The van der Waals surface area contributed by atoms with Crippen molar-refractivity contribution in [2.24, 2.45) is 0 Å². The van der Waals surface area contributed by atoms with Crippen LogP contribution in [0.2, 0.25) is 0 Å². The third-order valence-corrected chi connectivity index (χ3v) is 7.71. The fourth-order valence-corrected chi connectivity index (χ4v) is 6.31. The summed E-state index contributed by atoms with van der Waals surface area (Å²) in [4.78, 5) is 1.33. The molecule has 0 amide bonds. The molecule has 176 valence electrons. The van der Waals surface area contributed by atoms with Crippen LogP contribution in [-0.2, 0) is 30.8 Å². The van der Waals surface area contributed by atoms with E-state index in [-0.39, 0.29) is 41.6 Å². The minimum Gasteiger partial charge on any atom is -1.00 e. The Morgan fingerprint density at radius 2 is 1.21 bits per heavy atom. The topological polar surface area (TPSA) is 18.5 Å². The van der Waals surface area contributed by atoms with Crippen LogP contribution < -0.4 is 31.5 Å². The van der Waals surface area contributed by atoms with E-state index in [1.807, 2.05) is 11.3 Å². The number of aryl methyl sites for hydroxylation is 2. The van der Waals surface area contributed by atoms with Crippen LogP contribution in [0, 0.1) is 13.8 Å². The fraction of sp³-hybridized carbons (Fsp3) is 0.407. The molecule has 2 aromatic carbocycles. The van der Waals surface area contributed by atoms with Gasteiger partial charge in [0.05, 0.1) is 0 Å². The van der Waals surface area contributed by atoms with Crippen molar-refractivity contribution in [2.45, 2.75) is 72.1 Å². The predicted octanol–water partition coefficient (Wildman–Crippen LogP) is 1.83. The molecule has 0 N–H and O–H groups in total. The second-order valence-corrected chi connectivity index (χ2v) is 12.6. The summed E-state index contributed by atoms with van der Waals surface area (Å²) in [5.74, 6) is 2.15. The molecule has 0 atom stereocenters. The average Bonchev–Trinajstić information content (AvgIpc) is 3.15. The second-order valence-electron chi connectivity index (χ2n) is 10.7. The molecule has 6 heteroatoms. The Morgan fingerprint density at radius 1 is 0.758 bits per heavy atom. The molecular formula is C27H32Cl2O2STi. The van der Waals surface area contributed by atoms with Gasteiger partial charge in [-0.05, 0) is 0 Å². The summed E-state index contributed by atoms with van der Waals surface area (Å²) < 4.78 is 13.1. The van der Waals surface area contributed by atoms with Gasteiger partial charge in [0.2, 0.25) is 0 Å². The quantitative estimate of drug-likeness (QED) is 0.440. The van der Waals surface area contributed by atoms with Crippen molar-refractivity contribution in [1.29, 1.82) is 0 Å². The first-order valence-electron chi connectivity index (χ1n) is 10.9. The Hall–Kier alpha value is -0.966. The smallest absolute Gasteiger partial charge is 1.00 e. The Balaban J connectivity index is 0.00000193. The molecule has 2 nitrogen and oxygen atoms in total. The maximum atomic E-state index is 6.53. The van der Waals surface area contributed by atoms with E-state index in [0.717, 1.165) is 11.5 Å². The van der Waals surface area contributed by atoms with Gasteiger partial charge >= 0.3 is 202 Å². The molecule has 0 spiro atoms. The molecule has 0 aliphatic carbocycles. The van der Waals surface area contributed by atoms with Crippen molar-refractivity contribution >= 4 is 11.3 Å². The molecular weight excluding hydrogens is 507 g/mol. The van der Waals surface area contributed by atoms with Gasteiger partial charge in [0.25, 0.3) is 0 Å². The van der Waals surface area contributed by atoms with Crippen LogP contribution >= 0.6 is 11.3 Å². The molecule has 33 heavy (non-hydrogen) atoms. The first kappa shape index (κ1) is 28.3. The molecule has 2 heterocycles. The molecule has 1 aliphatic heterocycles. The fourth-order valence-electron chi connectivity index (χ4n) is 4.41. The van der Waals surface area contributed by atoms with Crippen molar-refractivity contribution in [3.63, 3.8) is 0 Å². The Kier molecular flexibility index (Phi) is 8.86. The number of halogens is 2. The number of fused-ring (bicyclic) bond motifs is 2. The van der Waals surface area contributed by atoms with Gasteiger partial charge in [0.15, 0.2) is 0 Å². The Morgan fingerprint density at radius 3 is 1.58 bits per heavy atom. The summed E-state index contributed by atoms with van der Waals surface area (Å²) in [6.45, 7) is 18.0. The van der Waals surface area contributed by atoms with Crippen molar-refractivity contribution in [2.75, 3.05) is 0 Å². The van der Waals surface area contributed by atoms with Crippen LogP contribution in [0.15, 0.2) is 41.8 Å². The summed E-state index contributed by atoms with van der Waals surface area (Å²) in [5.41, 5.74) is 7.62. The molecule has 0 saturated carbocycles. The minimum absolute atomic E-state index is 0. The largest absolute Gasteiger partial charge is 1.00 e. The molecule has 0 fully saturated rings. The molecule has 4 rings (SSSR count). The monoisotopic (exact) mass is 538 g/mol. The van der Waals surface area contributed by atoms with Crippen LogP contribution in [0.3, 0.4) is 0 Å². The minimum atomic E-state index is -1.09. The van der Waals surface area contributed by atoms with Crippen LogP contribution in [0.5, 0.6) is 11.5 Å². The van der Waals surface area contributed by atoms with E-state index in [1.54, 1.807) is 0 Å². The van der Waals surface area contributed by atoms with Gasteiger partial charge in [-0.25, -0.2) is 0 Å². The molecule has 0 unspecified atom stereocenters. The molecule has 0 saturated heterocycles. The summed E-state index contributed by atoms with van der Waals surface area (Å²) in [6, 6.07) is 13.6. The average molecular weight is 539 g/mol. The van der Waals surface area contributed by atoms with Crippen molar-refractivity contribution < 1.29 is 51.4 Å². The summed E-state index contributed by atoms with van der Waals surface area (Å²) in [7, 11) is 0. The van der Waals surface area contributed by atoms with E-state index in [9.17, 15) is 0 Å². The second kappa shape index (κ2) is 10.3. The van der Waals surface area contributed by atoms with Crippen LogP contribution in [0.1, 0.15) is 85.7 Å². The standard InChI is InChI=1S/C27H34O2S.2ClH.Ti/c1-16-12-18(24(28)20(14-16)26(3,4)5)23(22-10-9-11-30-22)19-13-17(2)15-21(25(19)29)27(6,7)8;;;/h9-15,23,28-29H,1-8H3;2*1H;/q;;;+4/p-4. The predicted molar refractivity (Wildman–Crippen MR) is 126 cm³/mol. The zero-order valence-electron chi connectivity index (χ0n) is 20.6. The zero-order chi connectivity index (χ0) is 22.6. The van der Waals surface area contributed by atoms with Gasteiger partial charge in [-0.1, -0.05) is 0 Å².